The van der Waals surface area contributed by atoms with Gasteiger partial charge in [0.25, 0.3) is 0 Å². The highest BCUT2D eigenvalue weighted by molar-refractivity contribution is 5.89. The van der Waals surface area contributed by atoms with E-state index >= 15 is 0 Å². The third-order valence-corrected chi connectivity index (χ3v) is 4.24. The quantitative estimate of drug-likeness (QED) is 0.449. The Bertz CT molecular complexity index is 790. The molecule has 150 valence electrons. The van der Waals surface area contributed by atoms with Crippen LogP contribution >= 0.6 is 0 Å². The van der Waals surface area contributed by atoms with Crippen LogP contribution < -0.4 is 4.74 Å². The largest absolute Gasteiger partial charge is 0.508 e. The van der Waals surface area contributed by atoms with Crippen molar-refractivity contribution in [2.75, 3.05) is 6.61 Å². The van der Waals surface area contributed by atoms with Gasteiger partial charge in [-0.3, -0.25) is 0 Å². The number of aliphatic hydroxyl groups is 3. The molecule has 5 atom stereocenters. The maximum Gasteiger partial charge on any atom is 0.338 e. The molecule has 0 aromatic heterocycles. The van der Waals surface area contributed by atoms with Gasteiger partial charge in [-0.05, 0) is 48.5 Å². The average molecular weight is 392 g/mol. The summed E-state index contributed by atoms with van der Waals surface area (Å²) >= 11 is 0. The highest BCUT2D eigenvalue weighted by atomic mass is 16.7. The van der Waals surface area contributed by atoms with Gasteiger partial charge in [0.1, 0.15) is 48.3 Å². The molecule has 3 rings (SSSR count). The molecule has 28 heavy (non-hydrogen) atoms. The summed E-state index contributed by atoms with van der Waals surface area (Å²) in [6.45, 7) is -0.403. The highest BCUT2D eigenvalue weighted by Crippen LogP contribution is 2.26. The lowest BCUT2D eigenvalue weighted by atomic mass is 9.99. The lowest BCUT2D eigenvalue weighted by molar-refractivity contribution is -0.277. The van der Waals surface area contributed by atoms with Crippen LogP contribution in [0.3, 0.4) is 0 Å². The normalized spacial score (nSPS) is 27.2. The molecule has 9 nitrogen and oxygen atoms in total. The van der Waals surface area contributed by atoms with Crippen molar-refractivity contribution < 1.29 is 44.5 Å². The smallest absolute Gasteiger partial charge is 0.338 e. The fourth-order valence-corrected chi connectivity index (χ4v) is 2.65. The molecule has 0 bridgehead atoms. The molecular weight excluding hydrogens is 372 g/mol. The predicted molar refractivity (Wildman–Crippen MR) is 93.8 cm³/mol. The monoisotopic (exact) mass is 392 g/mol. The van der Waals surface area contributed by atoms with E-state index in [9.17, 15) is 30.3 Å². The standard InChI is InChI=1S/C19H20O9/c20-11-3-1-10(2-4-11)18(25)26-9-14-15(22)16(23)17(24)19(28-14)27-13-7-5-12(21)6-8-13/h1-8,14-17,19-24H,9H2/t14-,15-,16+,17-,19+/m1/s1. The zero-order valence-corrected chi connectivity index (χ0v) is 14.6. The number of rotatable bonds is 5. The van der Waals surface area contributed by atoms with Gasteiger partial charge in [0, 0.05) is 0 Å². The first-order valence-electron chi connectivity index (χ1n) is 8.46. The molecule has 5 N–H and O–H groups in total. The summed E-state index contributed by atoms with van der Waals surface area (Å²) in [6, 6.07) is 11.0. The second kappa shape index (κ2) is 8.44. The van der Waals surface area contributed by atoms with Crippen molar-refractivity contribution in [2.24, 2.45) is 0 Å². The van der Waals surface area contributed by atoms with Crippen LogP contribution in [0.1, 0.15) is 10.4 Å². The molecule has 0 spiro atoms. The lowest BCUT2D eigenvalue weighted by Crippen LogP contribution is -2.60. The van der Waals surface area contributed by atoms with E-state index < -0.39 is 43.3 Å². The molecule has 1 aliphatic rings. The van der Waals surface area contributed by atoms with Crippen LogP contribution in [0, 0.1) is 0 Å². The Labute approximate surface area is 160 Å². The van der Waals surface area contributed by atoms with E-state index in [0.29, 0.717) is 0 Å². The first-order valence-corrected chi connectivity index (χ1v) is 8.46. The molecule has 0 aliphatic carbocycles. The SMILES string of the molecule is O=C(OC[C@H]1O[C@H](Oc2ccc(O)cc2)[C@H](O)[C@@H](O)[C@@H]1O)c1ccc(O)cc1. The average Bonchev–Trinajstić information content (AvgIpc) is 2.69. The summed E-state index contributed by atoms with van der Waals surface area (Å²) in [4.78, 5) is 12.0. The van der Waals surface area contributed by atoms with Crippen molar-refractivity contribution >= 4 is 5.97 Å². The molecule has 2 aromatic rings. The molecule has 0 unspecified atom stereocenters. The summed E-state index contributed by atoms with van der Waals surface area (Å²) in [5, 5.41) is 48.8. The number of aliphatic hydroxyl groups excluding tert-OH is 3. The van der Waals surface area contributed by atoms with Gasteiger partial charge in [-0.2, -0.15) is 0 Å². The number of carbonyl (C=O) groups is 1. The van der Waals surface area contributed by atoms with Crippen LogP contribution in [0.2, 0.25) is 0 Å². The van der Waals surface area contributed by atoms with Gasteiger partial charge in [-0.1, -0.05) is 0 Å². The van der Waals surface area contributed by atoms with Crippen molar-refractivity contribution in [1.29, 1.82) is 0 Å². The van der Waals surface area contributed by atoms with Gasteiger partial charge in [-0.25, -0.2) is 4.79 Å². The Morgan fingerprint density at radius 2 is 1.43 bits per heavy atom. The minimum absolute atomic E-state index is 0.00563. The number of ether oxygens (including phenoxy) is 3. The number of esters is 1. The fraction of sp³-hybridized carbons (Fsp3) is 0.316. The summed E-state index contributed by atoms with van der Waals surface area (Å²) in [5.74, 6) is -0.446. The number of aromatic hydroxyl groups is 2. The minimum atomic E-state index is -1.59. The van der Waals surface area contributed by atoms with Gasteiger partial charge >= 0.3 is 5.97 Å². The Morgan fingerprint density at radius 1 is 0.857 bits per heavy atom. The minimum Gasteiger partial charge on any atom is -0.508 e. The Kier molecular flexibility index (Phi) is 6.00. The maximum atomic E-state index is 12.0. The molecular formula is C19H20O9. The third-order valence-electron chi connectivity index (χ3n) is 4.24. The molecule has 0 saturated carbocycles. The van der Waals surface area contributed by atoms with Crippen molar-refractivity contribution in [3.8, 4) is 17.2 Å². The lowest BCUT2D eigenvalue weighted by Gasteiger charge is -2.39. The van der Waals surface area contributed by atoms with Crippen LogP contribution in [0.4, 0.5) is 0 Å². The summed E-state index contributed by atoms with van der Waals surface area (Å²) in [7, 11) is 0. The molecule has 1 aliphatic heterocycles. The third kappa shape index (κ3) is 4.52. The van der Waals surface area contributed by atoms with E-state index in [2.05, 4.69) is 0 Å². The molecule has 2 aromatic carbocycles. The van der Waals surface area contributed by atoms with E-state index in [4.69, 9.17) is 14.2 Å². The van der Waals surface area contributed by atoms with Gasteiger partial charge in [-0.15, -0.1) is 0 Å². The van der Waals surface area contributed by atoms with E-state index in [1.54, 1.807) is 0 Å². The number of phenols is 2. The molecule has 1 heterocycles. The van der Waals surface area contributed by atoms with E-state index in [-0.39, 0.29) is 22.8 Å². The molecule has 0 amide bonds. The topological polar surface area (TPSA) is 146 Å². The second-order valence-corrected chi connectivity index (χ2v) is 6.27. The van der Waals surface area contributed by atoms with Crippen molar-refractivity contribution in [1.82, 2.24) is 0 Å². The summed E-state index contributed by atoms with van der Waals surface area (Å²) in [6.07, 6.45) is -7.13. The Balaban J connectivity index is 1.63. The zero-order valence-electron chi connectivity index (χ0n) is 14.6. The van der Waals surface area contributed by atoms with E-state index in [1.165, 1.54) is 48.5 Å². The van der Waals surface area contributed by atoms with Crippen LogP contribution in [0.15, 0.2) is 48.5 Å². The maximum absolute atomic E-state index is 12.0. The van der Waals surface area contributed by atoms with Gasteiger partial charge in [0.2, 0.25) is 6.29 Å². The number of phenolic OH excluding ortho intramolecular Hbond substituents is 2. The Morgan fingerprint density at radius 3 is 2.04 bits per heavy atom. The van der Waals surface area contributed by atoms with Crippen LogP contribution in [-0.4, -0.2) is 68.8 Å². The van der Waals surface area contributed by atoms with Crippen LogP contribution in [0.5, 0.6) is 17.2 Å². The zero-order chi connectivity index (χ0) is 20.3. The van der Waals surface area contributed by atoms with E-state index in [0.717, 1.165) is 0 Å². The van der Waals surface area contributed by atoms with Gasteiger partial charge in [0.05, 0.1) is 5.56 Å². The number of benzene rings is 2. The van der Waals surface area contributed by atoms with E-state index in [1.807, 2.05) is 0 Å². The molecule has 1 saturated heterocycles. The fourth-order valence-electron chi connectivity index (χ4n) is 2.65. The second-order valence-electron chi connectivity index (χ2n) is 6.27. The van der Waals surface area contributed by atoms with Gasteiger partial charge < -0.3 is 39.7 Å². The molecule has 0 radical (unpaired) electrons. The Hall–Kier alpha value is -2.85. The van der Waals surface area contributed by atoms with Gasteiger partial charge in [0.15, 0.2) is 0 Å². The highest BCUT2D eigenvalue weighted by Gasteiger charge is 2.45. The molecule has 9 heteroatoms. The van der Waals surface area contributed by atoms with Crippen LogP contribution in [-0.2, 0) is 9.47 Å². The summed E-state index contributed by atoms with van der Waals surface area (Å²) in [5.41, 5.74) is 0.181. The predicted octanol–water partition coefficient (Wildman–Crippen LogP) is 0.141. The molecule has 1 fully saturated rings. The van der Waals surface area contributed by atoms with Crippen LogP contribution in [0.25, 0.3) is 0 Å². The van der Waals surface area contributed by atoms with Crippen molar-refractivity contribution in [3.05, 3.63) is 54.1 Å². The van der Waals surface area contributed by atoms with Crippen molar-refractivity contribution in [3.63, 3.8) is 0 Å². The number of hydrogen-bond donors (Lipinski definition) is 5. The first-order chi connectivity index (χ1) is 13.3. The summed E-state index contributed by atoms with van der Waals surface area (Å²) < 4.78 is 16.0. The van der Waals surface area contributed by atoms with Crippen molar-refractivity contribution in [2.45, 2.75) is 30.7 Å². The first kappa shape index (κ1) is 19.9. The number of hydrogen-bond acceptors (Lipinski definition) is 9. The number of carbonyl (C=O) groups excluding carboxylic acids is 1.